The molecule has 0 saturated carbocycles. The van der Waals surface area contributed by atoms with E-state index in [-0.39, 0.29) is 23.9 Å². The molecule has 0 fully saturated rings. The van der Waals surface area contributed by atoms with E-state index in [1.54, 1.807) is 12.3 Å². The second kappa shape index (κ2) is 8.69. The van der Waals surface area contributed by atoms with Gasteiger partial charge in [-0.15, -0.1) is 0 Å². The Kier molecular flexibility index (Phi) is 5.81. The van der Waals surface area contributed by atoms with Gasteiger partial charge in [0.2, 0.25) is 11.7 Å². The third kappa shape index (κ3) is 4.64. The van der Waals surface area contributed by atoms with Gasteiger partial charge in [-0.3, -0.25) is 9.59 Å². The molecule has 1 amide bonds. The maximum absolute atomic E-state index is 12.6. The second-order valence-electron chi connectivity index (χ2n) is 7.13. The minimum atomic E-state index is -0.299. The molecule has 8 heteroatoms. The van der Waals surface area contributed by atoms with Crippen molar-refractivity contribution < 1.29 is 9.32 Å². The molecule has 4 aromatic rings. The first-order valence-corrected chi connectivity index (χ1v) is 10.4. The number of nitrogens with zero attached hydrogens (tertiary/aromatic N) is 3. The minimum absolute atomic E-state index is 0.132. The van der Waals surface area contributed by atoms with Crippen LogP contribution in [0.5, 0.6) is 0 Å². The maximum atomic E-state index is 12.6. The topological polar surface area (TPSA) is 90.0 Å². The van der Waals surface area contributed by atoms with Gasteiger partial charge in [-0.2, -0.15) is 4.98 Å². The van der Waals surface area contributed by atoms with E-state index in [0.717, 1.165) is 26.9 Å². The molecule has 0 saturated heterocycles. The standard InChI is InChI=1S/C23H19BrN4O3/c1-14-5-3-6-15(2)21(14)25-19(29)13-28-12-17(9-10-20(28)30)23-26-22(27-31-23)16-7-4-8-18(24)11-16/h3-12H,13H2,1-2H3,(H,25,29). The lowest BCUT2D eigenvalue weighted by atomic mass is 10.1. The average molecular weight is 479 g/mol. The van der Waals surface area contributed by atoms with Crippen molar-refractivity contribution in [3.8, 4) is 22.8 Å². The molecule has 1 N–H and O–H groups in total. The Hall–Kier alpha value is -3.52. The first-order valence-electron chi connectivity index (χ1n) is 9.57. The number of hydrogen-bond donors (Lipinski definition) is 1. The molecule has 4 rings (SSSR count). The summed E-state index contributed by atoms with van der Waals surface area (Å²) >= 11 is 3.42. The first kappa shape index (κ1) is 20.7. The number of aryl methyl sites for hydroxylation is 2. The van der Waals surface area contributed by atoms with Crippen LogP contribution in [0.4, 0.5) is 5.69 Å². The van der Waals surface area contributed by atoms with Crippen LogP contribution in [-0.2, 0) is 11.3 Å². The van der Waals surface area contributed by atoms with Crippen molar-refractivity contribution in [1.82, 2.24) is 14.7 Å². The molecular formula is C23H19BrN4O3. The molecule has 0 spiro atoms. The van der Waals surface area contributed by atoms with Gasteiger partial charge in [0.15, 0.2) is 0 Å². The number of rotatable bonds is 5. The number of carbonyl (C=O) groups excluding carboxylic acids is 1. The van der Waals surface area contributed by atoms with Crippen LogP contribution in [-0.4, -0.2) is 20.6 Å². The molecule has 2 aromatic carbocycles. The Morgan fingerprint density at radius 3 is 2.55 bits per heavy atom. The molecule has 0 aliphatic rings. The molecule has 2 heterocycles. The molecule has 2 aromatic heterocycles. The van der Waals surface area contributed by atoms with Crippen LogP contribution in [0.25, 0.3) is 22.8 Å². The summed E-state index contributed by atoms with van der Waals surface area (Å²) in [5.41, 5.74) is 3.72. The summed E-state index contributed by atoms with van der Waals surface area (Å²) in [5.74, 6) is 0.401. The summed E-state index contributed by atoms with van der Waals surface area (Å²) in [4.78, 5) is 29.3. The van der Waals surface area contributed by atoms with Crippen molar-refractivity contribution in [3.05, 3.63) is 86.7 Å². The molecule has 0 radical (unpaired) electrons. The van der Waals surface area contributed by atoms with Gasteiger partial charge in [-0.1, -0.05) is 51.4 Å². The fraction of sp³-hybridized carbons (Fsp3) is 0.130. The van der Waals surface area contributed by atoms with Gasteiger partial charge in [-0.25, -0.2) is 0 Å². The van der Waals surface area contributed by atoms with Gasteiger partial charge in [-0.05, 0) is 43.2 Å². The van der Waals surface area contributed by atoms with Crippen molar-refractivity contribution in [2.75, 3.05) is 5.32 Å². The number of amides is 1. The van der Waals surface area contributed by atoms with Crippen molar-refractivity contribution in [1.29, 1.82) is 0 Å². The van der Waals surface area contributed by atoms with E-state index in [1.807, 2.05) is 56.3 Å². The number of halogens is 1. The third-order valence-electron chi connectivity index (χ3n) is 4.80. The molecular weight excluding hydrogens is 460 g/mol. The zero-order valence-corrected chi connectivity index (χ0v) is 18.5. The van der Waals surface area contributed by atoms with Crippen LogP contribution < -0.4 is 10.9 Å². The predicted molar refractivity (Wildman–Crippen MR) is 122 cm³/mol. The Morgan fingerprint density at radius 1 is 1.06 bits per heavy atom. The molecule has 0 aliphatic carbocycles. The first-order chi connectivity index (χ1) is 14.9. The summed E-state index contributed by atoms with van der Waals surface area (Å²) in [5, 5.41) is 6.91. The lowest BCUT2D eigenvalue weighted by Gasteiger charge is -2.12. The maximum Gasteiger partial charge on any atom is 0.259 e. The van der Waals surface area contributed by atoms with E-state index in [0.29, 0.717) is 11.4 Å². The van der Waals surface area contributed by atoms with Crippen molar-refractivity contribution >= 4 is 27.5 Å². The minimum Gasteiger partial charge on any atom is -0.334 e. The number of benzene rings is 2. The average Bonchev–Trinajstić information content (AvgIpc) is 3.23. The summed E-state index contributed by atoms with van der Waals surface area (Å²) in [6, 6.07) is 16.3. The highest BCUT2D eigenvalue weighted by Crippen LogP contribution is 2.24. The van der Waals surface area contributed by atoms with Gasteiger partial charge >= 0.3 is 0 Å². The highest BCUT2D eigenvalue weighted by molar-refractivity contribution is 9.10. The van der Waals surface area contributed by atoms with E-state index < -0.39 is 0 Å². The number of nitrogens with one attached hydrogen (secondary N) is 1. The van der Waals surface area contributed by atoms with Crippen LogP contribution in [0.15, 0.2) is 74.6 Å². The smallest absolute Gasteiger partial charge is 0.259 e. The molecule has 0 atom stereocenters. The zero-order chi connectivity index (χ0) is 22.0. The summed E-state index contributed by atoms with van der Waals surface area (Å²) in [7, 11) is 0. The quantitative estimate of drug-likeness (QED) is 0.453. The van der Waals surface area contributed by atoms with Crippen LogP contribution >= 0.6 is 15.9 Å². The van der Waals surface area contributed by atoms with E-state index in [2.05, 4.69) is 31.4 Å². The SMILES string of the molecule is Cc1cccc(C)c1NC(=O)Cn1cc(-c2nc(-c3cccc(Br)c3)no2)ccc1=O. The molecule has 31 heavy (non-hydrogen) atoms. The van der Waals surface area contributed by atoms with Crippen LogP contribution in [0, 0.1) is 13.8 Å². The monoisotopic (exact) mass is 478 g/mol. The van der Waals surface area contributed by atoms with Gasteiger partial charge in [0, 0.05) is 28.0 Å². The molecule has 7 nitrogen and oxygen atoms in total. The predicted octanol–water partition coefficient (Wildman–Crippen LogP) is 4.58. The Balaban J connectivity index is 1.57. The lowest BCUT2D eigenvalue weighted by molar-refractivity contribution is -0.116. The van der Waals surface area contributed by atoms with Gasteiger partial charge in [0.1, 0.15) is 6.54 Å². The van der Waals surface area contributed by atoms with Crippen LogP contribution in [0.2, 0.25) is 0 Å². The van der Waals surface area contributed by atoms with Crippen molar-refractivity contribution in [2.45, 2.75) is 20.4 Å². The lowest BCUT2D eigenvalue weighted by Crippen LogP contribution is -2.27. The number of hydrogen-bond acceptors (Lipinski definition) is 5. The summed E-state index contributed by atoms with van der Waals surface area (Å²) in [6.07, 6.45) is 1.55. The van der Waals surface area contributed by atoms with Gasteiger partial charge in [0.05, 0.1) is 5.56 Å². The van der Waals surface area contributed by atoms with Gasteiger partial charge < -0.3 is 14.4 Å². The molecule has 0 unspecified atom stereocenters. The zero-order valence-electron chi connectivity index (χ0n) is 16.9. The van der Waals surface area contributed by atoms with Crippen molar-refractivity contribution in [2.24, 2.45) is 0 Å². The highest BCUT2D eigenvalue weighted by atomic mass is 79.9. The number of carbonyl (C=O) groups is 1. The normalized spacial score (nSPS) is 10.8. The number of anilines is 1. The third-order valence-corrected chi connectivity index (χ3v) is 5.29. The fourth-order valence-electron chi connectivity index (χ4n) is 3.21. The summed E-state index contributed by atoms with van der Waals surface area (Å²) < 4.78 is 7.60. The van der Waals surface area contributed by atoms with E-state index >= 15 is 0 Å². The summed E-state index contributed by atoms with van der Waals surface area (Å²) in [6.45, 7) is 3.72. The molecule has 0 aliphatic heterocycles. The van der Waals surface area contributed by atoms with E-state index in [9.17, 15) is 9.59 Å². The molecule has 156 valence electrons. The molecule has 0 bridgehead atoms. The largest absolute Gasteiger partial charge is 0.334 e. The van der Waals surface area contributed by atoms with Crippen LogP contribution in [0.3, 0.4) is 0 Å². The Bertz CT molecular complexity index is 1310. The van der Waals surface area contributed by atoms with E-state index in [4.69, 9.17) is 4.52 Å². The number of para-hydroxylation sites is 1. The number of pyridine rings is 1. The second-order valence-corrected chi connectivity index (χ2v) is 8.05. The van der Waals surface area contributed by atoms with Crippen molar-refractivity contribution in [3.63, 3.8) is 0 Å². The highest BCUT2D eigenvalue weighted by Gasteiger charge is 2.14. The van der Waals surface area contributed by atoms with Gasteiger partial charge in [0.25, 0.3) is 11.4 Å². The fourth-order valence-corrected chi connectivity index (χ4v) is 3.61. The number of aromatic nitrogens is 3. The Labute approximate surface area is 186 Å². The Morgan fingerprint density at radius 2 is 1.81 bits per heavy atom. The van der Waals surface area contributed by atoms with Crippen LogP contribution in [0.1, 0.15) is 11.1 Å². The van der Waals surface area contributed by atoms with E-state index in [1.165, 1.54) is 10.6 Å².